The Morgan fingerprint density at radius 1 is 1.05 bits per heavy atom. The number of rotatable bonds is 6. The van der Waals surface area contributed by atoms with E-state index >= 15 is 0 Å². The number of anilines is 1. The van der Waals surface area contributed by atoms with Crippen molar-refractivity contribution in [2.75, 3.05) is 18.5 Å². The number of ether oxygens (including phenoxy) is 1. The van der Waals surface area contributed by atoms with E-state index < -0.39 is 0 Å². The topological polar surface area (TPSA) is 21.3 Å². The molecule has 2 aromatic carbocycles. The molecule has 0 atom stereocenters. The number of halogens is 1. The van der Waals surface area contributed by atoms with E-state index in [0.29, 0.717) is 0 Å². The summed E-state index contributed by atoms with van der Waals surface area (Å²) in [5, 5.41) is 3.44. The maximum atomic E-state index is 5.66. The molecule has 0 fully saturated rings. The second-order valence-corrected chi connectivity index (χ2v) is 5.66. The van der Waals surface area contributed by atoms with Gasteiger partial charge in [-0.3, -0.25) is 0 Å². The summed E-state index contributed by atoms with van der Waals surface area (Å²) in [4.78, 5) is 0. The van der Waals surface area contributed by atoms with Gasteiger partial charge in [0.15, 0.2) is 0 Å². The highest BCUT2D eigenvalue weighted by Crippen LogP contribution is 2.24. The molecule has 0 aliphatic rings. The fourth-order valence-corrected chi connectivity index (χ4v) is 2.29. The molecule has 0 heterocycles. The van der Waals surface area contributed by atoms with Crippen molar-refractivity contribution >= 4 is 21.6 Å². The zero-order valence-corrected chi connectivity index (χ0v) is 13.5. The van der Waals surface area contributed by atoms with Crippen molar-refractivity contribution in [1.29, 1.82) is 0 Å². The highest BCUT2D eigenvalue weighted by molar-refractivity contribution is 9.10. The SMILES string of the molecule is Cc1cc(NCCCOc2ccccc2)cc(C)c1Br. The zero-order valence-electron chi connectivity index (χ0n) is 11.9. The Labute approximate surface area is 129 Å². The Morgan fingerprint density at radius 3 is 2.35 bits per heavy atom. The van der Waals surface area contributed by atoms with Gasteiger partial charge in [0.05, 0.1) is 6.61 Å². The summed E-state index contributed by atoms with van der Waals surface area (Å²) in [6.45, 7) is 5.86. The molecule has 0 radical (unpaired) electrons. The highest BCUT2D eigenvalue weighted by Gasteiger charge is 2.01. The van der Waals surface area contributed by atoms with Gasteiger partial charge in [-0.2, -0.15) is 0 Å². The van der Waals surface area contributed by atoms with Crippen LogP contribution in [0.1, 0.15) is 17.5 Å². The third-order valence-electron chi connectivity index (χ3n) is 3.10. The van der Waals surface area contributed by atoms with Crippen molar-refractivity contribution < 1.29 is 4.74 Å². The number of para-hydroxylation sites is 1. The lowest BCUT2D eigenvalue weighted by Gasteiger charge is -2.11. The van der Waals surface area contributed by atoms with Crippen LogP contribution in [0, 0.1) is 13.8 Å². The first-order valence-electron chi connectivity index (χ1n) is 6.85. The minimum atomic E-state index is 0.728. The third kappa shape index (κ3) is 4.27. The van der Waals surface area contributed by atoms with Crippen molar-refractivity contribution in [1.82, 2.24) is 0 Å². The number of aryl methyl sites for hydroxylation is 2. The smallest absolute Gasteiger partial charge is 0.119 e. The molecule has 0 saturated carbocycles. The Hall–Kier alpha value is -1.48. The summed E-state index contributed by atoms with van der Waals surface area (Å²) in [7, 11) is 0. The van der Waals surface area contributed by atoms with Gasteiger partial charge in [-0.05, 0) is 55.7 Å². The van der Waals surface area contributed by atoms with Crippen LogP contribution in [0.3, 0.4) is 0 Å². The first kappa shape index (κ1) is 14.9. The van der Waals surface area contributed by atoms with E-state index in [4.69, 9.17) is 4.74 Å². The van der Waals surface area contributed by atoms with E-state index in [9.17, 15) is 0 Å². The van der Waals surface area contributed by atoms with Gasteiger partial charge in [0, 0.05) is 16.7 Å². The summed E-state index contributed by atoms with van der Waals surface area (Å²) >= 11 is 3.58. The van der Waals surface area contributed by atoms with E-state index in [-0.39, 0.29) is 0 Å². The van der Waals surface area contributed by atoms with Crippen LogP contribution in [0.4, 0.5) is 5.69 Å². The van der Waals surface area contributed by atoms with Gasteiger partial charge in [-0.15, -0.1) is 0 Å². The molecule has 0 amide bonds. The van der Waals surface area contributed by atoms with Crippen LogP contribution in [0.15, 0.2) is 46.9 Å². The predicted octanol–water partition coefficient (Wildman–Crippen LogP) is 4.95. The molecule has 0 spiro atoms. The van der Waals surface area contributed by atoms with Crippen molar-refractivity contribution in [3.63, 3.8) is 0 Å². The minimum absolute atomic E-state index is 0.728. The summed E-state index contributed by atoms with van der Waals surface area (Å²) in [5.74, 6) is 0.933. The van der Waals surface area contributed by atoms with Crippen LogP contribution in [-0.4, -0.2) is 13.2 Å². The predicted molar refractivity (Wildman–Crippen MR) is 88.7 cm³/mol. The Morgan fingerprint density at radius 2 is 1.70 bits per heavy atom. The molecule has 0 unspecified atom stereocenters. The molecule has 20 heavy (non-hydrogen) atoms. The van der Waals surface area contributed by atoms with E-state index in [1.54, 1.807) is 0 Å². The van der Waals surface area contributed by atoms with E-state index in [1.807, 2.05) is 30.3 Å². The van der Waals surface area contributed by atoms with Crippen molar-refractivity contribution in [2.45, 2.75) is 20.3 Å². The maximum Gasteiger partial charge on any atom is 0.119 e. The molecule has 0 bridgehead atoms. The summed E-state index contributed by atoms with van der Waals surface area (Å²) in [6.07, 6.45) is 0.975. The van der Waals surface area contributed by atoms with Crippen LogP contribution >= 0.6 is 15.9 Å². The molecule has 0 aliphatic heterocycles. The minimum Gasteiger partial charge on any atom is -0.494 e. The van der Waals surface area contributed by atoms with Gasteiger partial charge in [-0.25, -0.2) is 0 Å². The van der Waals surface area contributed by atoms with Gasteiger partial charge in [0.1, 0.15) is 5.75 Å². The lowest BCUT2D eigenvalue weighted by atomic mass is 10.1. The normalized spacial score (nSPS) is 10.3. The van der Waals surface area contributed by atoms with Crippen LogP contribution in [-0.2, 0) is 0 Å². The van der Waals surface area contributed by atoms with Gasteiger partial charge in [0.2, 0.25) is 0 Å². The van der Waals surface area contributed by atoms with Crippen LogP contribution in [0.5, 0.6) is 5.75 Å². The molecule has 3 heteroatoms. The van der Waals surface area contributed by atoms with Crippen LogP contribution < -0.4 is 10.1 Å². The molecule has 0 aliphatic carbocycles. The lowest BCUT2D eigenvalue weighted by Crippen LogP contribution is -2.07. The zero-order chi connectivity index (χ0) is 14.4. The number of benzene rings is 2. The van der Waals surface area contributed by atoms with Gasteiger partial charge in [-0.1, -0.05) is 34.1 Å². The second-order valence-electron chi connectivity index (χ2n) is 4.87. The van der Waals surface area contributed by atoms with E-state index in [2.05, 4.69) is 47.2 Å². The van der Waals surface area contributed by atoms with Crippen LogP contribution in [0.25, 0.3) is 0 Å². The molecule has 0 aromatic heterocycles. The number of hydrogen-bond donors (Lipinski definition) is 1. The monoisotopic (exact) mass is 333 g/mol. The summed E-state index contributed by atoms with van der Waals surface area (Å²) in [5.41, 5.74) is 3.68. The molecule has 2 nitrogen and oxygen atoms in total. The quantitative estimate of drug-likeness (QED) is 0.755. The average Bonchev–Trinajstić information content (AvgIpc) is 2.45. The molecule has 2 rings (SSSR count). The van der Waals surface area contributed by atoms with Crippen molar-refractivity contribution in [3.8, 4) is 5.75 Å². The highest BCUT2D eigenvalue weighted by atomic mass is 79.9. The molecule has 106 valence electrons. The third-order valence-corrected chi connectivity index (χ3v) is 4.35. The van der Waals surface area contributed by atoms with Gasteiger partial charge < -0.3 is 10.1 Å². The average molecular weight is 334 g/mol. The van der Waals surface area contributed by atoms with Crippen molar-refractivity contribution in [2.24, 2.45) is 0 Å². The van der Waals surface area contributed by atoms with E-state index in [1.165, 1.54) is 21.3 Å². The fraction of sp³-hybridized carbons (Fsp3) is 0.294. The van der Waals surface area contributed by atoms with Gasteiger partial charge in [0.25, 0.3) is 0 Å². The van der Waals surface area contributed by atoms with E-state index in [0.717, 1.165) is 25.3 Å². The molecule has 2 aromatic rings. The summed E-state index contributed by atoms with van der Waals surface area (Å²) < 4.78 is 6.85. The summed E-state index contributed by atoms with van der Waals surface area (Å²) in [6, 6.07) is 14.3. The maximum absolute atomic E-state index is 5.66. The Bertz CT molecular complexity index is 531. The lowest BCUT2D eigenvalue weighted by molar-refractivity contribution is 0.315. The first-order chi connectivity index (χ1) is 9.66. The molecular weight excluding hydrogens is 314 g/mol. The second kappa shape index (κ2) is 7.34. The largest absolute Gasteiger partial charge is 0.494 e. The Kier molecular flexibility index (Phi) is 5.48. The standard InChI is InChI=1S/C17H20BrNO/c1-13-11-15(12-14(2)17(13)18)19-9-6-10-20-16-7-4-3-5-8-16/h3-5,7-8,11-12,19H,6,9-10H2,1-2H3. The van der Waals surface area contributed by atoms with Crippen molar-refractivity contribution in [3.05, 3.63) is 58.1 Å². The first-order valence-corrected chi connectivity index (χ1v) is 7.64. The number of hydrogen-bond acceptors (Lipinski definition) is 2. The molecule has 0 saturated heterocycles. The fourth-order valence-electron chi connectivity index (χ4n) is 2.06. The number of nitrogens with one attached hydrogen (secondary N) is 1. The molecule has 1 N–H and O–H groups in total. The Balaban J connectivity index is 1.74. The van der Waals surface area contributed by atoms with Gasteiger partial charge >= 0.3 is 0 Å². The molecular formula is C17H20BrNO. The van der Waals surface area contributed by atoms with Crippen LogP contribution in [0.2, 0.25) is 0 Å².